The zero-order valence-electron chi connectivity index (χ0n) is 6.89. The van der Waals surface area contributed by atoms with Gasteiger partial charge in [-0.1, -0.05) is 0 Å². The minimum absolute atomic E-state index is 1.43. The van der Waals surface area contributed by atoms with E-state index in [1.807, 2.05) is 22.7 Å². The van der Waals surface area contributed by atoms with Crippen molar-refractivity contribution in [1.29, 1.82) is 0 Å². The van der Waals surface area contributed by atoms with Crippen molar-refractivity contribution >= 4 is 32.8 Å². The van der Waals surface area contributed by atoms with Crippen LogP contribution in [0.1, 0.15) is 14.6 Å². The lowest BCUT2D eigenvalue weighted by atomic mass is 10.3. The zero-order valence-corrected chi connectivity index (χ0v) is 8.53. The minimum atomic E-state index is 1.43. The first-order chi connectivity index (χ1) is 5.18. The monoisotopic (exact) mass is 182 g/mol. The van der Waals surface area contributed by atoms with Crippen LogP contribution in [-0.4, -0.2) is 0 Å². The average molecular weight is 182 g/mol. The van der Waals surface area contributed by atoms with Crippen molar-refractivity contribution in [3.05, 3.63) is 20.7 Å². The molecule has 0 fully saturated rings. The van der Waals surface area contributed by atoms with Crippen molar-refractivity contribution in [2.75, 3.05) is 0 Å². The van der Waals surface area contributed by atoms with E-state index in [1.165, 1.54) is 24.7 Å². The molecule has 2 rings (SSSR count). The molecule has 0 unspecified atom stereocenters. The van der Waals surface area contributed by atoms with Crippen LogP contribution < -0.4 is 0 Å². The van der Waals surface area contributed by atoms with Crippen LogP contribution in [0, 0.1) is 20.8 Å². The molecular weight excluding hydrogens is 172 g/mol. The van der Waals surface area contributed by atoms with Gasteiger partial charge < -0.3 is 0 Å². The SMILES string of the molecule is Cc1cc2c(C)sc(C)c2s1. The molecule has 0 nitrogen and oxygen atoms in total. The molecule has 2 heterocycles. The highest BCUT2D eigenvalue weighted by atomic mass is 32.1. The summed E-state index contributed by atoms with van der Waals surface area (Å²) < 4.78 is 1.49. The summed E-state index contributed by atoms with van der Waals surface area (Å²) in [6.45, 7) is 6.58. The fourth-order valence-electron chi connectivity index (χ4n) is 1.37. The van der Waals surface area contributed by atoms with E-state index in [9.17, 15) is 0 Å². The number of hydrogen-bond acceptors (Lipinski definition) is 2. The van der Waals surface area contributed by atoms with Crippen molar-refractivity contribution < 1.29 is 0 Å². The first kappa shape index (κ1) is 7.32. The molecule has 0 aliphatic heterocycles. The fourth-order valence-corrected chi connectivity index (χ4v) is 3.58. The van der Waals surface area contributed by atoms with Gasteiger partial charge in [0.1, 0.15) is 0 Å². The molecule has 0 N–H and O–H groups in total. The van der Waals surface area contributed by atoms with Gasteiger partial charge in [0.05, 0.1) is 0 Å². The Hall–Kier alpha value is -0.340. The van der Waals surface area contributed by atoms with Crippen molar-refractivity contribution in [1.82, 2.24) is 0 Å². The van der Waals surface area contributed by atoms with Crippen molar-refractivity contribution in [3.63, 3.8) is 0 Å². The zero-order chi connectivity index (χ0) is 8.01. The maximum absolute atomic E-state index is 2.29. The van der Waals surface area contributed by atoms with Gasteiger partial charge in [0.15, 0.2) is 0 Å². The predicted molar refractivity (Wildman–Crippen MR) is 53.9 cm³/mol. The largest absolute Gasteiger partial charge is 0.144 e. The van der Waals surface area contributed by atoms with Gasteiger partial charge in [-0.3, -0.25) is 0 Å². The van der Waals surface area contributed by atoms with E-state index in [0.717, 1.165) is 0 Å². The molecule has 0 atom stereocenters. The van der Waals surface area contributed by atoms with Gasteiger partial charge in [-0.2, -0.15) is 0 Å². The number of hydrogen-bond donors (Lipinski definition) is 0. The maximum Gasteiger partial charge on any atom is 0.0484 e. The Kier molecular flexibility index (Phi) is 1.55. The van der Waals surface area contributed by atoms with Crippen LogP contribution in [0.5, 0.6) is 0 Å². The molecule has 58 valence electrons. The van der Waals surface area contributed by atoms with Crippen molar-refractivity contribution in [2.24, 2.45) is 0 Å². The van der Waals surface area contributed by atoms with E-state index >= 15 is 0 Å². The molecule has 2 heteroatoms. The second-order valence-electron chi connectivity index (χ2n) is 2.81. The van der Waals surface area contributed by atoms with Crippen LogP contribution >= 0.6 is 22.7 Å². The van der Waals surface area contributed by atoms with Gasteiger partial charge in [-0.25, -0.2) is 0 Å². The van der Waals surface area contributed by atoms with Crippen molar-refractivity contribution in [2.45, 2.75) is 20.8 Å². The van der Waals surface area contributed by atoms with E-state index in [4.69, 9.17) is 0 Å². The smallest absolute Gasteiger partial charge is 0.0484 e. The fraction of sp³-hybridized carbons (Fsp3) is 0.333. The summed E-state index contributed by atoms with van der Waals surface area (Å²) in [5.74, 6) is 0. The van der Waals surface area contributed by atoms with Crippen LogP contribution in [0.3, 0.4) is 0 Å². The Bertz CT molecular complexity index is 358. The number of thiophene rings is 2. The Balaban J connectivity index is 2.92. The summed E-state index contributed by atoms with van der Waals surface area (Å²) in [7, 11) is 0. The first-order valence-corrected chi connectivity index (χ1v) is 5.28. The van der Waals surface area contributed by atoms with Crippen LogP contribution in [0.15, 0.2) is 6.07 Å². The second-order valence-corrected chi connectivity index (χ2v) is 5.50. The lowest BCUT2D eigenvalue weighted by Gasteiger charge is -1.79. The second kappa shape index (κ2) is 2.32. The average Bonchev–Trinajstić information content (AvgIpc) is 2.38. The molecule has 0 bridgehead atoms. The molecule has 0 saturated heterocycles. The molecule has 11 heavy (non-hydrogen) atoms. The predicted octanol–water partition coefficient (Wildman–Crippen LogP) is 3.89. The highest BCUT2D eigenvalue weighted by Gasteiger charge is 2.06. The Labute approximate surface area is 74.5 Å². The van der Waals surface area contributed by atoms with Gasteiger partial charge >= 0.3 is 0 Å². The van der Waals surface area contributed by atoms with Crippen LogP contribution in [0.2, 0.25) is 0 Å². The van der Waals surface area contributed by atoms with E-state index in [-0.39, 0.29) is 0 Å². The van der Waals surface area contributed by atoms with E-state index in [1.54, 1.807) is 0 Å². The van der Waals surface area contributed by atoms with Gasteiger partial charge in [-0.15, -0.1) is 22.7 Å². The van der Waals surface area contributed by atoms with E-state index < -0.39 is 0 Å². The molecule has 0 radical (unpaired) electrons. The molecule has 0 aliphatic carbocycles. The van der Waals surface area contributed by atoms with Gasteiger partial charge in [-0.05, 0) is 26.8 Å². The Morgan fingerprint density at radius 3 is 2.36 bits per heavy atom. The lowest BCUT2D eigenvalue weighted by molar-refractivity contribution is 1.63. The topological polar surface area (TPSA) is 0 Å². The van der Waals surface area contributed by atoms with Gasteiger partial charge in [0, 0.05) is 24.7 Å². The van der Waals surface area contributed by atoms with E-state index in [0.29, 0.717) is 0 Å². The molecule has 0 spiro atoms. The van der Waals surface area contributed by atoms with Gasteiger partial charge in [0.2, 0.25) is 0 Å². The van der Waals surface area contributed by atoms with E-state index in [2.05, 4.69) is 26.8 Å². The molecule has 0 aliphatic rings. The number of aryl methyl sites for hydroxylation is 3. The van der Waals surface area contributed by atoms with Gasteiger partial charge in [0.25, 0.3) is 0 Å². The van der Waals surface area contributed by atoms with Crippen LogP contribution in [-0.2, 0) is 0 Å². The third kappa shape index (κ3) is 1.01. The quantitative estimate of drug-likeness (QED) is 0.580. The summed E-state index contributed by atoms with van der Waals surface area (Å²) >= 11 is 3.82. The Morgan fingerprint density at radius 1 is 1.00 bits per heavy atom. The molecule has 0 saturated carbocycles. The standard InChI is InChI=1S/C9H10S2/c1-5-4-8-6(2)11-7(3)9(8)10-5/h4H,1-3H3. The molecule has 0 aromatic carbocycles. The van der Waals surface area contributed by atoms with Crippen LogP contribution in [0.4, 0.5) is 0 Å². The first-order valence-electron chi connectivity index (χ1n) is 3.64. The molecule has 2 aromatic heterocycles. The number of rotatable bonds is 0. The summed E-state index contributed by atoms with van der Waals surface area (Å²) in [6, 6.07) is 2.29. The maximum atomic E-state index is 2.29. The summed E-state index contributed by atoms with van der Waals surface area (Å²) in [5, 5.41) is 1.47. The minimum Gasteiger partial charge on any atom is -0.144 e. The highest BCUT2D eigenvalue weighted by Crippen LogP contribution is 2.35. The summed E-state index contributed by atoms with van der Waals surface area (Å²) in [6.07, 6.45) is 0. The lowest BCUT2D eigenvalue weighted by Crippen LogP contribution is -1.55. The summed E-state index contributed by atoms with van der Waals surface area (Å²) in [5.41, 5.74) is 0. The van der Waals surface area contributed by atoms with Crippen molar-refractivity contribution in [3.8, 4) is 0 Å². The summed E-state index contributed by atoms with van der Waals surface area (Å²) in [4.78, 5) is 4.35. The molecule has 0 amide bonds. The number of fused-ring (bicyclic) bond motifs is 1. The molecule has 2 aromatic rings. The Morgan fingerprint density at radius 2 is 1.73 bits per heavy atom. The highest BCUT2D eigenvalue weighted by molar-refractivity contribution is 7.24. The third-order valence-electron chi connectivity index (χ3n) is 1.86. The normalized spacial score (nSPS) is 11.2. The molecular formula is C9H10S2. The third-order valence-corrected chi connectivity index (χ3v) is 4.20. The van der Waals surface area contributed by atoms with Crippen LogP contribution in [0.25, 0.3) is 10.1 Å².